The summed E-state index contributed by atoms with van der Waals surface area (Å²) in [7, 11) is 0. The van der Waals surface area contributed by atoms with Gasteiger partial charge in [-0.15, -0.1) is 5.10 Å². The molecule has 2 fully saturated rings. The lowest BCUT2D eigenvalue weighted by atomic mass is 10.1. The van der Waals surface area contributed by atoms with E-state index in [1.165, 1.54) is 10.7 Å². The van der Waals surface area contributed by atoms with E-state index in [1.54, 1.807) is 12.1 Å². The number of nitriles is 2. The Balaban J connectivity index is 1.54. The zero-order valence-corrected chi connectivity index (χ0v) is 17.8. The van der Waals surface area contributed by atoms with Crippen LogP contribution in [0.1, 0.15) is 36.9 Å². The molecule has 10 nitrogen and oxygen atoms in total. The van der Waals surface area contributed by atoms with Gasteiger partial charge in [0.15, 0.2) is 17.2 Å². The summed E-state index contributed by atoms with van der Waals surface area (Å²) in [4.78, 5) is 10.9. The van der Waals surface area contributed by atoms with Gasteiger partial charge in [-0.2, -0.15) is 20.0 Å². The van der Waals surface area contributed by atoms with Crippen LogP contribution >= 0.6 is 11.6 Å². The second-order valence-electron chi connectivity index (χ2n) is 8.01. The number of hydrogen-bond acceptors (Lipinski definition) is 9. The molecule has 1 aliphatic carbocycles. The first-order chi connectivity index (χ1) is 15.6. The summed E-state index contributed by atoms with van der Waals surface area (Å²) < 4.78 is 1.44. The standard InChI is InChI=1S/C21H20ClN9O/c22-18-16(7-12(9-23)8-17(18)30-5-3-15(32)4-6-30)27-21-28-19(26-13-1-2-13)20-25-11-14(10-24)31(20)29-21/h7-8,11,13,15,32H,1-6H2,(H2,26,27,28,29). The molecule has 0 unspecified atom stereocenters. The second-order valence-corrected chi connectivity index (χ2v) is 8.38. The van der Waals surface area contributed by atoms with E-state index in [1.807, 2.05) is 0 Å². The smallest absolute Gasteiger partial charge is 0.247 e. The number of anilines is 4. The van der Waals surface area contributed by atoms with E-state index in [9.17, 15) is 15.6 Å². The molecule has 0 radical (unpaired) electrons. The first-order valence-electron chi connectivity index (χ1n) is 10.4. The van der Waals surface area contributed by atoms with E-state index >= 15 is 0 Å². The highest BCUT2D eigenvalue weighted by atomic mass is 35.5. The third kappa shape index (κ3) is 3.86. The first-order valence-corrected chi connectivity index (χ1v) is 10.8. The van der Waals surface area contributed by atoms with E-state index in [-0.39, 0.29) is 17.7 Å². The molecule has 2 aromatic heterocycles. The molecule has 0 amide bonds. The Bertz CT molecular complexity index is 1260. The predicted octanol–water partition coefficient (Wildman–Crippen LogP) is 2.80. The maximum absolute atomic E-state index is 9.82. The monoisotopic (exact) mass is 449 g/mol. The highest BCUT2D eigenvalue weighted by molar-refractivity contribution is 6.36. The molecule has 1 saturated carbocycles. The van der Waals surface area contributed by atoms with Crippen molar-refractivity contribution in [3.05, 3.63) is 34.6 Å². The number of imidazole rings is 1. The minimum Gasteiger partial charge on any atom is -0.393 e. The molecular formula is C21H20ClN9O. The largest absolute Gasteiger partial charge is 0.393 e. The molecule has 1 aromatic carbocycles. The van der Waals surface area contributed by atoms with Crippen LogP contribution in [0.25, 0.3) is 5.65 Å². The molecular weight excluding hydrogens is 430 g/mol. The SMILES string of the molecule is N#Cc1cc(Nc2nc(NC3CC3)c3ncc(C#N)n3n2)c(Cl)c(N2CCC(O)CC2)c1. The third-order valence-electron chi connectivity index (χ3n) is 5.63. The quantitative estimate of drug-likeness (QED) is 0.536. The second kappa shape index (κ2) is 8.15. The van der Waals surface area contributed by atoms with E-state index in [2.05, 4.69) is 42.7 Å². The van der Waals surface area contributed by atoms with Crippen molar-refractivity contribution >= 4 is 40.4 Å². The number of aliphatic hydroxyl groups excluding tert-OH is 1. The van der Waals surface area contributed by atoms with Crippen molar-refractivity contribution in [2.45, 2.75) is 37.8 Å². The minimum atomic E-state index is -0.316. The molecule has 1 saturated heterocycles. The van der Waals surface area contributed by atoms with Crippen LogP contribution in [0.4, 0.5) is 23.1 Å². The molecule has 3 N–H and O–H groups in total. The van der Waals surface area contributed by atoms with Crippen LogP contribution in [0.5, 0.6) is 0 Å². The summed E-state index contributed by atoms with van der Waals surface area (Å²) in [5.41, 5.74) is 2.41. The molecule has 3 heterocycles. The fraction of sp³-hybridized carbons (Fsp3) is 0.381. The van der Waals surface area contributed by atoms with Crippen molar-refractivity contribution in [2.24, 2.45) is 0 Å². The van der Waals surface area contributed by atoms with E-state index < -0.39 is 0 Å². The molecule has 0 spiro atoms. The number of aliphatic hydroxyl groups is 1. The normalized spacial score (nSPS) is 16.6. The van der Waals surface area contributed by atoms with Crippen LogP contribution < -0.4 is 15.5 Å². The Kier molecular flexibility index (Phi) is 5.17. The van der Waals surface area contributed by atoms with Crippen molar-refractivity contribution in [3.63, 3.8) is 0 Å². The van der Waals surface area contributed by atoms with Crippen LogP contribution in [0.3, 0.4) is 0 Å². The number of benzene rings is 1. The molecule has 2 aliphatic rings. The van der Waals surface area contributed by atoms with Gasteiger partial charge in [-0.25, -0.2) is 4.98 Å². The van der Waals surface area contributed by atoms with Crippen LogP contribution in [0, 0.1) is 22.7 Å². The average Bonchev–Trinajstić information content (AvgIpc) is 3.52. The van der Waals surface area contributed by atoms with E-state index in [0.717, 1.165) is 18.5 Å². The molecule has 11 heteroatoms. The molecule has 162 valence electrons. The van der Waals surface area contributed by atoms with Crippen LogP contribution in [0.2, 0.25) is 5.02 Å². The summed E-state index contributed by atoms with van der Waals surface area (Å²) in [5.74, 6) is 0.761. The Morgan fingerprint density at radius 2 is 1.91 bits per heavy atom. The topological polar surface area (TPSA) is 138 Å². The summed E-state index contributed by atoms with van der Waals surface area (Å²) in [6.45, 7) is 1.29. The van der Waals surface area contributed by atoms with Gasteiger partial charge >= 0.3 is 0 Å². The van der Waals surface area contributed by atoms with Crippen molar-refractivity contribution in [2.75, 3.05) is 28.6 Å². The Hall–Kier alpha value is -3.60. The van der Waals surface area contributed by atoms with Crippen molar-refractivity contribution in [1.82, 2.24) is 19.6 Å². The highest BCUT2D eigenvalue weighted by Crippen LogP contribution is 2.37. The molecule has 1 aliphatic heterocycles. The lowest BCUT2D eigenvalue weighted by Gasteiger charge is -2.32. The Morgan fingerprint density at radius 3 is 2.59 bits per heavy atom. The predicted molar refractivity (Wildman–Crippen MR) is 119 cm³/mol. The van der Waals surface area contributed by atoms with Gasteiger partial charge in [0.05, 0.1) is 40.3 Å². The maximum Gasteiger partial charge on any atom is 0.247 e. The summed E-state index contributed by atoms with van der Waals surface area (Å²) in [5, 5.41) is 40.1. The number of fused-ring (bicyclic) bond motifs is 1. The van der Waals surface area contributed by atoms with Gasteiger partial charge < -0.3 is 20.6 Å². The highest BCUT2D eigenvalue weighted by Gasteiger charge is 2.25. The first kappa shape index (κ1) is 20.3. The lowest BCUT2D eigenvalue weighted by molar-refractivity contribution is 0.145. The summed E-state index contributed by atoms with van der Waals surface area (Å²) >= 11 is 6.73. The van der Waals surface area contributed by atoms with Gasteiger partial charge in [0.2, 0.25) is 5.95 Å². The zero-order valence-electron chi connectivity index (χ0n) is 17.1. The van der Waals surface area contributed by atoms with Gasteiger partial charge in [-0.1, -0.05) is 11.6 Å². The van der Waals surface area contributed by atoms with Gasteiger partial charge in [0, 0.05) is 19.1 Å². The number of halogens is 1. The van der Waals surface area contributed by atoms with Gasteiger partial charge in [0.25, 0.3) is 0 Å². The number of piperidine rings is 1. The summed E-state index contributed by atoms with van der Waals surface area (Å²) in [6, 6.07) is 7.98. The molecule has 0 atom stereocenters. The Morgan fingerprint density at radius 1 is 1.12 bits per heavy atom. The van der Waals surface area contributed by atoms with Crippen molar-refractivity contribution in [1.29, 1.82) is 10.5 Å². The number of nitrogens with one attached hydrogen (secondary N) is 2. The number of aromatic nitrogens is 4. The maximum atomic E-state index is 9.82. The molecule has 3 aromatic rings. The van der Waals surface area contributed by atoms with E-state index in [4.69, 9.17) is 11.6 Å². The fourth-order valence-corrected chi connectivity index (χ4v) is 4.03. The van der Waals surface area contributed by atoms with Crippen LogP contribution in [-0.4, -0.2) is 49.9 Å². The molecule has 32 heavy (non-hydrogen) atoms. The molecule has 5 rings (SSSR count). The summed E-state index contributed by atoms with van der Waals surface area (Å²) in [6.07, 6.45) is 4.53. The van der Waals surface area contributed by atoms with Crippen LogP contribution in [-0.2, 0) is 0 Å². The van der Waals surface area contributed by atoms with Crippen molar-refractivity contribution in [3.8, 4) is 12.1 Å². The van der Waals surface area contributed by atoms with Gasteiger partial charge in [-0.3, -0.25) is 0 Å². The average molecular weight is 450 g/mol. The number of rotatable bonds is 5. The Labute approximate surface area is 189 Å². The third-order valence-corrected chi connectivity index (χ3v) is 6.03. The minimum absolute atomic E-state index is 0.229. The number of nitrogens with zero attached hydrogens (tertiary/aromatic N) is 7. The van der Waals surface area contributed by atoms with Gasteiger partial charge in [0.1, 0.15) is 6.07 Å². The zero-order chi connectivity index (χ0) is 22.2. The van der Waals surface area contributed by atoms with E-state index in [0.29, 0.717) is 59.7 Å². The number of hydrogen-bond donors (Lipinski definition) is 3. The van der Waals surface area contributed by atoms with Gasteiger partial charge in [-0.05, 0) is 37.8 Å². The van der Waals surface area contributed by atoms with Crippen molar-refractivity contribution < 1.29 is 5.11 Å². The molecule has 0 bridgehead atoms. The fourth-order valence-electron chi connectivity index (χ4n) is 3.75. The van der Waals surface area contributed by atoms with Crippen LogP contribution in [0.15, 0.2) is 18.3 Å². The lowest BCUT2D eigenvalue weighted by Crippen LogP contribution is -2.36.